The van der Waals surface area contributed by atoms with Crippen LogP contribution in [0.4, 0.5) is 4.39 Å². The highest BCUT2D eigenvalue weighted by atomic mass is 19.1. The number of halogens is 1. The molecule has 0 aliphatic heterocycles. The summed E-state index contributed by atoms with van der Waals surface area (Å²) in [6, 6.07) is 3.32. The van der Waals surface area contributed by atoms with Gasteiger partial charge in [0.25, 0.3) is 0 Å². The summed E-state index contributed by atoms with van der Waals surface area (Å²) in [5, 5.41) is 0. The van der Waals surface area contributed by atoms with Crippen molar-refractivity contribution in [3.63, 3.8) is 0 Å². The Morgan fingerprint density at radius 3 is 2.45 bits per heavy atom. The number of rotatable bonds is 1. The Balaban J connectivity index is 3.21. The SMILES string of the molecule is Cc1cc(CN)c(C)cc1F. The van der Waals surface area contributed by atoms with Gasteiger partial charge in [0, 0.05) is 6.54 Å². The molecule has 2 N–H and O–H groups in total. The van der Waals surface area contributed by atoms with E-state index < -0.39 is 0 Å². The summed E-state index contributed by atoms with van der Waals surface area (Å²) in [4.78, 5) is 0. The van der Waals surface area contributed by atoms with E-state index in [0.29, 0.717) is 12.1 Å². The van der Waals surface area contributed by atoms with Crippen molar-refractivity contribution in [3.8, 4) is 0 Å². The second kappa shape index (κ2) is 3.01. The van der Waals surface area contributed by atoms with E-state index in [0.717, 1.165) is 11.1 Å². The fourth-order valence-electron chi connectivity index (χ4n) is 1.06. The third kappa shape index (κ3) is 1.57. The standard InChI is InChI=1S/C9H12FN/c1-6-4-9(10)7(2)3-8(6)5-11/h3-4H,5,11H2,1-2H3. The number of aryl methyl sites for hydroxylation is 2. The monoisotopic (exact) mass is 153 g/mol. The molecule has 0 atom stereocenters. The average Bonchev–Trinajstić information content (AvgIpc) is 1.97. The largest absolute Gasteiger partial charge is 0.326 e. The lowest BCUT2D eigenvalue weighted by molar-refractivity contribution is 0.616. The predicted molar refractivity (Wildman–Crippen MR) is 43.8 cm³/mol. The molecule has 0 unspecified atom stereocenters. The lowest BCUT2D eigenvalue weighted by atomic mass is 10.1. The van der Waals surface area contributed by atoms with Gasteiger partial charge in [-0.2, -0.15) is 0 Å². The van der Waals surface area contributed by atoms with E-state index in [1.807, 2.05) is 6.92 Å². The summed E-state index contributed by atoms with van der Waals surface area (Å²) in [5.74, 6) is -0.153. The quantitative estimate of drug-likeness (QED) is 0.655. The van der Waals surface area contributed by atoms with Gasteiger partial charge in [-0.25, -0.2) is 4.39 Å². The van der Waals surface area contributed by atoms with Crippen molar-refractivity contribution in [1.82, 2.24) is 0 Å². The molecular weight excluding hydrogens is 141 g/mol. The molecule has 0 heterocycles. The van der Waals surface area contributed by atoms with Crippen molar-refractivity contribution in [2.75, 3.05) is 0 Å². The van der Waals surface area contributed by atoms with Crippen molar-refractivity contribution in [2.24, 2.45) is 5.73 Å². The second-order valence-electron chi connectivity index (χ2n) is 2.73. The highest BCUT2D eigenvalue weighted by molar-refractivity contribution is 5.31. The topological polar surface area (TPSA) is 26.0 Å². The van der Waals surface area contributed by atoms with E-state index in [4.69, 9.17) is 5.73 Å². The fraction of sp³-hybridized carbons (Fsp3) is 0.333. The zero-order chi connectivity index (χ0) is 8.43. The summed E-state index contributed by atoms with van der Waals surface area (Å²) in [6.45, 7) is 4.09. The van der Waals surface area contributed by atoms with Gasteiger partial charge >= 0.3 is 0 Å². The van der Waals surface area contributed by atoms with Crippen LogP contribution in [-0.2, 0) is 6.54 Å². The van der Waals surface area contributed by atoms with E-state index in [1.165, 1.54) is 6.07 Å². The molecule has 2 heteroatoms. The van der Waals surface area contributed by atoms with Crippen molar-refractivity contribution in [2.45, 2.75) is 20.4 Å². The van der Waals surface area contributed by atoms with Crippen molar-refractivity contribution in [1.29, 1.82) is 0 Å². The van der Waals surface area contributed by atoms with Crippen LogP contribution in [0.1, 0.15) is 16.7 Å². The molecule has 0 aliphatic rings. The molecule has 0 saturated heterocycles. The van der Waals surface area contributed by atoms with Gasteiger partial charge in [-0.1, -0.05) is 6.07 Å². The normalized spacial score (nSPS) is 10.2. The van der Waals surface area contributed by atoms with Crippen LogP contribution in [0.15, 0.2) is 12.1 Å². The van der Waals surface area contributed by atoms with Crippen LogP contribution in [0, 0.1) is 19.7 Å². The van der Waals surface area contributed by atoms with Gasteiger partial charge in [0.15, 0.2) is 0 Å². The van der Waals surface area contributed by atoms with Crippen molar-refractivity contribution in [3.05, 3.63) is 34.6 Å². The lowest BCUT2D eigenvalue weighted by Gasteiger charge is -2.04. The molecule has 60 valence electrons. The van der Waals surface area contributed by atoms with Gasteiger partial charge < -0.3 is 5.73 Å². The molecule has 11 heavy (non-hydrogen) atoms. The van der Waals surface area contributed by atoms with Gasteiger partial charge in [0.1, 0.15) is 5.82 Å². The van der Waals surface area contributed by atoms with Crippen LogP contribution in [0.3, 0.4) is 0 Å². The molecular formula is C9H12FN. The fourth-order valence-corrected chi connectivity index (χ4v) is 1.06. The maximum absolute atomic E-state index is 12.9. The summed E-state index contributed by atoms with van der Waals surface area (Å²) >= 11 is 0. The molecule has 0 fully saturated rings. The van der Waals surface area contributed by atoms with E-state index in [2.05, 4.69) is 0 Å². The van der Waals surface area contributed by atoms with E-state index in [9.17, 15) is 4.39 Å². The maximum Gasteiger partial charge on any atom is 0.126 e. The molecule has 0 bridgehead atoms. The van der Waals surface area contributed by atoms with E-state index >= 15 is 0 Å². The molecule has 0 spiro atoms. The molecule has 0 saturated carbocycles. The number of hydrogen-bond donors (Lipinski definition) is 1. The first-order chi connectivity index (χ1) is 5.15. The molecule has 0 aromatic heterocycles. The Kier molecular flexibility index (Phi) is 2.25. The number of hydrogen-bond acceptors (Lipinski definition) is 1. The van der Waals surface area contributed by atoms with Crippen LogP contribution < -0.4 is 5.73 Å². The average molecular weight is 153 g/mol. The summed E-state index contributed by atoms with van der Waals surface area (Å²) in [6.07, 6.45) is 0. The molecule has 1 aromatic carbocycles. The first-order valence-corrected chi connectivity index (χ1v) is 3.61. The van der Waals surface area contributed by atoms with Gasteiger partial charge in [-0.15, -0.1) is 0 Å². The molecule has 0 aliphatic carbocycles. The maximum atomic E-state index is 12.9. The Morgan fingerprint density at radius 2 is 1.91 bits per heavy atom. The minimum absolute atomic E-state index is 0.153. The Hall–Kier alpha value is -0.890. The van der Waals surface area contributed by atoms with Crippen molar-refractivity contribution < 1.29 is 4.39 Å². The number of benzene rings is 1. The van der Waals surface area contributed by atoms with E-state index in [-0.39, 0.29) is 5.82 Å². The lowest BCUT2D eigenvalue weighted by Crippen LogP contribution is -2.00. The van der Waals surface area contributed by atoms with E-state index in [1.54, 1.807) is 13.0 Å². The minimum Gasteiger partial charge on any atom is -0.326 e. The summed E-state index contributed by atoms with van der Waals surface area (Å²) in [5.41, 5.74) is 8.05. The predicted octanol–water partition coefficient (Wildman–Crippen LogP) is 1.90. The first kappa shape index (κ1) is 8.21. The van der Waals surface area contributed by atoms with Crippen LogP contribution >= 0.6 is 0 Å². The molecule has 0 amide bonds. The smallest absolute Gasteiger partial charge is 0.126 e. The van der Waals surface area contributed by atoms with Gasteiger partial charge in [-0.05, 0) is 36.6 Å². The highest BCUT2D eigenvalue weighted by Crippen LogP contribution is 2.13. The van der Waals surface area contributed by atoms with Crippen LogP contribution in [0.25, 0.3) is 0 Å². The van der Waals surface area contributed by atoms with Gasteiger partial charge in [-0.3, -0.25) is 0 Å². The van der Waals surface area contributed by atoms with Gasteiger partial charge in [0.05, 0.1) is 0 Å². The summed E-state index contributed by atoms with van der Waals surface area (Å²) in [7, 11) is 0. The first-order valence-electron chi connectivity index (χ1n) is 3.61. The molecule has 1 nitrogen and oxygen atoms in total. The summed E-state index contributed by atoms with van der Waals surface area (Å²) < 4.78 is 12.9. The Morgan fingerprint density at radius 1 is 1.27 bits per heavy atom. The third-order valence-electron chi connectivity index (χ3n) is 1.84. The van der Waals surface area contributed by atoms with Gasteiger partial charge in [0.2, 0.25) is 0 Å². The Bertz CT molecular complexity index is 269. The minimum atomic E-state index is -0.153. The van der Waals surface area contributed by atoms with Crippen molar-refractivity contribution >= 4 is 0 Å². The highest BCUT2D eigenvalue weighted by Gasteiger charge is 2.01. The van der Waals surface area contributed by atoms with Crippen LogP contribution in [-0.4, -0.2) is 0 Å². The molecule has 1 aromatic rings. The molecule has 0 radical (unpaired) electrons. The second-order valence-corrected chi connectivity index (χ2v) is 2.73. The molecule has 1 rings (SSSR count). The van der Waals surface area contributed by atoms with Crippen LogP contribution in [0.2, 0.25) is 0 Å². The number of nitrogens with two attached hydrogens (primary N) is 1. The third-order valence-corrected chi connectivity index (χ3v) is 1.84. The zero-order valence-electron chi connectivity index (χ0n) is 6.82. The Labute approximate surface area is 66.0 Å². The zero-order valence-corrected chi connectivity index (χ0v) is 6.82. The van der Waals surface area contributed by atoms with Crippen LogP contribution in [0.5, 0.6) is 0 Å².